The molecule has 0 amide bonds. The summed E-state index contributed by atoms with van der Waals surface area (Å²) in [6.45, 7) is 3.71. The molecule has 1 aliphatic heterocycles. The van der Waals surface area contributed by atoms with Crippen LogP contribution in [-0.2, 0) is 0 Å². The Hall–Kier alpha value is -3.42. The van der Waals surface area contributed by atoms with Crippen molar-refractivity contribution in [3.05, 3.63) is 77.6 Å². The summed E-state index contributed by atoms with van der Waals surface area (Å²) in [6, 6.07) is 16.3. The summed E-state index contributed by atoms with van der Waals surface area (Å²) < 4.78 is 20.8. The lowest BCUT2D eigenvalue weighted by molar-refractivity contribution is 0.104. The zero-order chi connectivity index (χ0) is 24.4. The van der Waals surface area contributed by atoms with E-state index in [0.29, 0.717) is 39.3 Å². The van der Waals surface area contributed by atoms with Gasteiger partial charge in [-0.05, 0) is 92.2 Å². The second-order valence-corrected chi connectivity index (χ2v) is 9.75. The van der Waals surface area contributed by atoms with Crippen LogP contribution in [0.25, 0.3) is 20.5 Å². The van der Waals surface area contributed by atoms with Crippen LogP contribution in [0, 0.1) is 5.82 Å². The lowest BCUT2D eigenvalue weighted by Crippen LogP contribution is -2.33. The number of ketones is 1. The summed E-state index contributed by atoms with van der Waals surface area (Å²) in [7, 11) is 0. The van der Waals surface area contributed by atoms with Gasteiger partial charge in [0.2, 0.25) is 0 Å². The Morgan fingerprint density at radius 3 is 2.37 bits per heavy atom. The maximum Gasteiger partial charge on any atom is 0.195 e. The molecule has 1 fully saturated rings. The second-order valence-electron chi connectivity index (χ2n) is 8.73. The van der Waals surface area contributed by atoms with Crippen molar-refractivity contribution in [3.63, 3.8) is 0 Å². The summed E-state index contributed by atoms with van der Waals surface area (Å²) in [5.74, 6) is -0.653. The molecule has 1 aliphatic rings. The molecular formula is C28H26FNO4S. The Balaban J connectivity index is 1.42. The highest BCUT2D eigenvalue weighted by Gasteiger charge is 2.24. The van der Waals surface area contributed by atoms with Crippen LogP contribution in [0.1, 0.15) is 35.2 Å². The number of hydrogen-bond acceptors (Lipinski definition) is 6. The normalized spacial score (nSPS) is 14.3. The molecule has 4 aromatic rings. The number of fused-ring (bicyclic) bond motifs is 1. The average molecular weight is 492 g/mol. The molecule has 5 rings (SSSR count). The van der Waals surface area contributed by atoms with Crippen molar-refractivity contribution >= 4 is 27.2 Å². The third-order valence-electron chi connectivity index (χ3n) is 6.38. The van der Waals surface area contributed by atoms with Crippen molar-refractivity contribution in [1.29, 1.82) is 0 Å². The van der Waals surface area contributed by atoms with E-state index < -0.39 is 11.6 Å². The molecule has 0 radical (unpaired) electrons. The summed E-state index contributed by atoms with van der Waals surface area (Å²) in [6.07, 6.45) is 3.78. The number of rotatable bonds is 7. The number of benzene rings is 3. The van der Waals surface area contributed by atoms with Crippen molar-refractivity contribution in [2.75, 3.05) is 26.2 Å². The number of carbonyl (C=O) groups is 1. The standard InChI is InChI=1S/C28H26FNO4S/c29-25-23(32)13-12-22-24(27(35-28(22)25)19-4-8-20(31)9-5-19)26(33)18-6-10-21(11-7-18)34-17-16-30-14-2-1-3-15-30/h4-13,31-32H,1-3,14-17H2. The molecule has 0 saturated carbocycles. The molecule has 0 spiro atoms. The van der Waals surface area contributed by atoms with E-state index in [4.69, 9.17) is 4.74 Å². The smallest absolute Gasteiger partial charge is 0.195 e. The first-order valence-corrected chi connectivity index (χ1v) is 12.6. The van der Waals surface area contributed by atoms with Gasteiger partial charge in [-0.1, -0.05) is 6.42 Å². The molecule has 1 aromatic heterocycles. The number of ether oxygens (including phenoxy) is 1. The summed E-state index contributed by atoms with van der Waals surface area (Å²) in [4.78, 5) is 16.6. The maximum absolute atomic E-state index is 14.7. The number of nitrogens with zero attached hydrogens (tertiary/aromatic N) is 1. The van der Waals surface area contributed by atoms with Gasteiger partial charge in [0, 0.05) is 27.9 Å². The molecule has 0 bridgehead atoms. The van der Waals surface area contributed by atoms with Crippen molar-refractivity contribution in [2.45, 2.75) is 19.3 Å². The molecule has 2 heterocycles. The van der Waals surface area contributed by atoms with Gasteiger partial charge in [-0.25, -0.2) is 4.39 Å². The van der Waals surface area contributed by atoms with E-state index >= 15 is 0 Å². The van der Waals surface area contributed by atoms with Crippen molar-refractivity contribution in [3.8, 4) is 27.7 Å². The maximum atomic E-state index is 14.7. The Bertz CT molecular complexity index is 1340. The molecule has 0 atom stereocenters. The highest BCUT2D eigenvalue weighted by atomic mass is 32.1. The van der Waals surface area contributed by atoms with Crippen LogP contribution >= 0.6 is 11.3 Å². The summed E-state index contributed by atoms with van der Waals surface area (Å²) in [5.41, 5.74) is 1.51. The van der Waals surface area contributed by atoms with Gasteiger partial charge in [0.1, 0.15) is 18.1 Å². The number of halogens is 1. The monoisotopic (exact) mass is 491 g/mol. The Labute approximate surface area is 207 Å². The number of aromatic hydroxyl groups is 2. The molecule has 5 nitrogen and oxygen atoms in total. The molecule has 180 valence electrons. The molecule has 0 unspecified atom stereocenters. The largest absolute Gasteiger partial charge is 0.508 e. The van der Waals surface area contributed by atoms with E-state index in [1.54, 1.807) is 42.5 Å². The zero-order valence-corrected chi connectivity index (χ0v) is 20.0. The molecule has 1 saturated heterocycles. The number of likely N-dealkylation sites (tertiary alicyclic amines) is 1. The van der Waals surface area contributed by atoms with Gasteiger partial charge in [-0.3, -0.25) is 9.69 Å². The Morgan fingerprint density at radius 1 is 0.943 bits per heavy atom. The van der Waals surface area contributed by atoms with Crippen LogP contribution < -0.4 is 4.74 Å². The first-order chi connectivity index (χ1) is 17.0. The third-order valence-corrected chi connectivity index (χ3v) is 7.62. The third kappa shape index (κ3) is 4.88. The Morgan fingerprint density at radius 2 is 1.66 bits per heavy atom. The minimum atomic E-state index is -0.746. The molecule has 0 aliphatic carbocycles. The SMILES string of the molecule is O=C(c1ccc(OCCN2CCCCC2)cc1)c1c(-c2ccc(O)cc2)sc2c(F)c(O)ccc12. The van der Waals surface area contributed by atoms with Gasteiger partial charge in [0.25, 0.3) is 0 Å². The molecule has 2 N–H and O–H groups in total. The van der Waals surface area contributed by atoms with Gasteiger partial charge in [0.05, 0.1) is 4.70 Å². The summed E-state index contributed by atoms with van der Waals surface area (Å²) >= 11 is 1.11. The van der Waals surface area contributed by atoms with Gasteiger partial charge < -0.3 is 14.9 Å². The van der Waals surface area contributed by atoms with Crippen LogP contribution in [-0.4, -0.2) is 47.1 Å². The van der Waals surface area contributed by atoms with Crippen LogP contribution in [0.15, 0.2) is 60.7 Å². The van der Waals surface area contributed by atoms with E-state index in [0.717, 1.165) is 31.0 Å². The fourth-order valence-electron chi connectivity index (χ4n) is 4.48. The van der Waals surface area contributed by atoms with Gasteiger partial charge >= 0.3 is 0 Å². The number of carbonyl (C=O) groups excluding carboxylic acids is 1. The van der Waals surface area contributed by atoms with E-state index in [-0.39, 0.29) is 16.2 Å². The van der Waals surface area contributed by atoms with E-state index in [2.05, 4.69) is 4.90 Å². The molecule has 3 aromatic carbocycles. The first-order valence-electron chi connectivity index (χ1n) is 11.7. The lowest BCUT2D eigenvalue weighted by Gasteiger charge is -2.26. The quantitative estimate of drug-likeness (QED) is 0.301. The van der Waals surface area contributed by atoms with Gasteiger partial charge in [-0.15, -0.1) is 11.3 Å². The number of hydrogen-bond donors (Lipinski definition) is 2. The highest BCUT2D eigenvalue weighted by molar-refractivity contribution is 7.22. The van der Waals surface area contributed by atoms with Gasteiger partial charge in [-0.2, -0.15) is 0 Å². The second kappa shape index (κ2) is 10.1. The van der Waals surface area contributed by atoms with E-state index in [1.165, 1.54) is 37.5 Å². The fourth-order valence-corrected chi connectivity index (χ4v) is 5.72. The van der Waals surface area contributed by atoms with Crippen LogP contribution in [0.4, 0.5) is 4.39 Å². The molecular weight excluding hydrogens is 465 g/mol. The van der Waals surface area contributed by atoms with Crippen molar-refractivity contribution < 1.29 is 24.1 Å². The lowest BCUT2D eigenvalue weighted by atomic mass is 9.97. The van der Waals surface area contributed by atoms with Crippen molar-refractivity contribution in [1.82, 2.24) is 4.90 Å². The van der Waals surface area contributed by atoms with Crippen LogP contribution in [0.2, 0.25) is 0 Å². The first kappa shape index (κ1) is 23.3. The predicted octanol–water partition coefficient (Wildman–Crippen LogP) is 6.21. The van der Waals surface area contributed by atoms with Crippen LogP contribution in [0.5, 0.6) is 17.2 Å². The van der Waals surface area contributed by atoms with Gasteiger partial charge in [0.15, 0.2) is 17.3 Å². The zero-order valence-electron chi connectivity index (χ0n) is 19.2. The number of thiophene rings is 1. The average Bonchev–Trinajstić information content (AvgIpc) is 3.27. The molecule has 35 heavy (non-hydrogen) atoms. The fraction of sp³-hybridized carbons (Fsp3) is 0.250. The summed E-state index contributed by atoms with van der Waals surface area (Å²) in [5, 5.41) is 20.0. The minimum absolute atomic E-state index is 0.0995. The van der Waals surface area contributed by atoms with E-state index in [1.807, 2.05) is 0 Å². The predicted molar refractivity (Wildman–Crippen MR) is 136 cm³/mol. The van der Waals surface area contributed by atoms with E-state index in [9.17, 15) is 19.4 Å². The Kier molecular flexibility index (Phi) is 6.70. The topological polar surface area (TPSA) is 70.0 Å². The molecule has 7 heteroatoms. The number of phenolic OH excluding ortho intramolecular Hbond substituents is 2. The van der Waals surface area contributed by atoms with Crippen molar-refractivity contribution in [2.24, 2.45) is 0 Å². The number of phenols is 2. The highest BCUT2D eigenvalue weighted by Crippen LogP contribution is 2.43. The number of piperidine rings is 1. The minimum Gasteiger partial charge on any atom is -0.508 e. The van der Waals surface area contributed by atoms with Crippen LogP contribution in [0.3, 0.4) is 0 Å².